The molecule has 0 atom stereocenters. The van der Waals surface area contributed by atoms with Gasteiger partial charge in [0.05, 0.1) is 23.0 Å². The van der Waals surface area contributed by atoms with Gasteiger partial charge < -0.3 is 14.2 Å². The monoisotopic (exact) mass is 598 g/mol. The topological polar surface area (TPSA) is 94.2 Å². The first-order valence-corrected chi connectivity index (χ1v) is 12.2. The number of methoxy groups -OCH3 is 1. The van der Waals surface area contributed by atoms with E-state index in [2.05, 4.69) is 27.9 Å². The minimum Gasteiger partial charge on any atom is -0.493 e. The first-order valence-electron chi connectivity index (χ1n) is 11.1. The third-order valence-electron chi connectivity index (χ3n) is 5.30. The Morgan fingerprint density at radius 2 is 1.69 bits per heavy atom. The van der Waals surface area contributed by atoms with E-state index in [-0.39, 0.29) is 5.57 Å². The van der Waals surface area contributed by atoms with Crippen LogP contribution in [0.3, 0.4) is 0 Å². The fourth-order valence-electron chi connectivity index (χ4n) is 3.60. The number of anilines is 1. The molecule has 0 bridgehead atoms. The van der Waals surface area contributed by atoms with Crippen molar-refractivity contribution in [2.45, 2.75) is 13.5 Å². The summed E-state index contributed by atoms with van der Waals surface area (Å²) in [5, 5.41) is 2.23. The number of ether oxygens (including phenoxy) is 3. The van der Waals surface area contributed by atoms with E-state index in [1.807, 2.05) is 37.3 Å². The summed E-state index contributed by atoms with van der Waals surface area (Å²) in [6.45, 7) is 2.71. The van der Waals surface area contributed by atoms with Crippen LogP contribution in [0.15, 0.2) is 72.3 Å². The highest BCUT2D eigenvalue weighted by Crippen LogP contribution is 2.35. The van der Waals surface area contributed by atoms with Crippen LogP contribution in [0.25, 0.3) is 6.08 Å². The van der Waals surface area contributed by atoms with Crippen molar-refractivity contribution >= 4 is 52.2 Å². The van der Waals surface area contributed by atoms with E-state index in [0.29, 0.717) is 41.7 Å². The summed E-state index contributed by atoms with van der Waals surface area (Å²) in [4.78, 5) is 39.3. The maximum Gasteiger partial charge on any atom is 0.335 e. The van der Waals surface area contributed by atoms with E-state index in [9.17, 15) is 14.4 Å². The van der Waals surface area contributed by atoms with Gasteiger partial charge in [0.15, 0.2) is 11.5 Å². The first-order chi connectivity index (χ1) is 17.4. The largest absolute Gasteiger partial charge is 0.493 e. The van der Waals surface area contributed by atoms with Crippen molar-refractivity contribution in [2.75, 3.05) is 18.6 Å². The molecular formula is C27H23IN2O6. The van der Waals surface area contributed by atoms with Gasteiger partial charge in [-0.3, -0.25) is 14.9 Å². The van der Waals surface area contributed by atoms with E-state index >= 15 is 0 Å². The van der Waals surface area contributed by atoms with Crippen molar-refractivity contribution in [3.05, 3.63) is 87.0 Å². The van der Waals surface area contributed by atoms with Crippen LogP contribution in [0, 0.1) is 3.57 Å². The highest BCUT2D eigenvalue weighted by molar-refractivity contribution is 14.1. The van der Waals surface area contributed by atoms with Crippen molar-refractivity contribution in [2.24, 2.45) is 0 Å². The average Bonchev–Trinajstić information content (AvgIpc) is 2.88. The Labute approximate surface area is 222 Å². The minimum absolute atomic E-state index is 0.180. The van der Waals surface area contributed by atoms with E-state index in [0.717, 1.165) is 14.0 Å². The standard InChI is InChI=1S/C27H23IN2O6/c1-3-35-24-22(28)14-18(15-23(24)34-2)13-21-25(31)29-27(33)30(26(21)32)19-9-11-20(12-10-19)36-16-17-7-5-4-6-8-17/h4-15H,3,16H2,1-2H3,(H,29,31,33)/b21-13+. The molecule has 184 valence electrons. The molecule has 0 spiro atoms. The number of halogens is 1. The van der Waals surface area contributed by atoms with Gasteiger partial charge in [-0.25, -0.2) is 9.69 Å². The van der Waals surface area contributed by atoms with Crippen LogP contribution in [0.5, 0.6) is 17.2 Å². The fourth-order valence-corrected chi connectivity index (χ4v) is 4.38. The number of benzene rings is 3. The van der Waals surface area contributed by atoms with Gasteiger partial charge in [-0.15, -0.1) is 0 Å². The van der Waals surface area contributed by atoms with Gasteiger partial charge in [0, 0.05) is 0 Å². The SMILES string of the molecule is CCOc1c(I)cc(/C=C2\C(=O)NC(=O)N(c3ccc(OCc4ccccc4)cc3)C2=O)cc1OC. The molecule has 1 saturated heterocycles. The number of hydrogen-bond donors (Lipinski definition) is 1. The summed E-state index contributed by atoms with van der Waals surface area (Å²) in [5.41, 5.74) is 1.70. The van der Waals surface area contributed by atoms with Gasteiger partial charge in [0.1, 0.15) is 17.9 Å². The van der Waals surface area contributed by atoms with Crippen LogP contribution in [0.4, 0.5) is 10.5 Å². The molecule has 4 rings (SSSR count). The number of amides is 4. The fraction of sp³-hybridized carbons (Fsp3) is 0.148. The predicted octanol–water partition coefficient (Wildman–Crippen LogP) is 4.94. The molecule has 1 fully saturated rings. The van der Waals surface area contributed by atoms with Crippen LogP contribution in [-0.2, 0) is 16.2 Å². The molecule has 0 radical (unpaired) electrons. The molecule has 0 unspecified atom stereocenters. The molecule has 0 aliphatic carbocycles. The summed E-state index contributed by atoms with van der Waals surface area (Å²) in [6, 6.07) is 18.8. The van der Waals surface area contributed by atoms with Gasteiger partial charge in [-0.1, -0.05) is 30.3 Å². The van der Waals surface area contributed by atoms with E-state index in [1.54, 1.807) is 36.4 Å². The number of rotatable bonds is 8. The van der Waals surface area contributed by atoms with E-state index in [1.165, 1.54) is 13.2 Å². The number of nitrogens with one attached hydrogen (secondary N) is 1. The number of hydrogen-bond acceptors (Lipinski definition) is 6. The normalized spacial score (nSPS) is 14.6. The molecule has 36 heavy (non-hydrogen) atoms. The molecule has 1 heterocycles. The Hall–Kier alpha value is -3.86. The molecule has 4 amide bonds. The van der Waals surface area contributed by atoms with Crippen molar-refractivity contribution in [3.63, 3.8) is 0 Å². The molecule has 8 nitrogen and oxygen atoms in total. The number of imide groups is 2. The van der Waals surface area contributed by atoms with Crippen LogP contribution < -0.4 is 24.4 Å². The van der Waals surface area contributed by atoms with E-state index in [4.69, 9.17) is 14.2 Å². The summed E-state index contributed by atoms with van der Waals surface area (Å²) in [5.74, 6) is 0.124. The Bertz CT molecular complexity index is 1320. The third-order valence-corrected chi connectivity index (χ3v) is 6.10. The van der Waals surface area contributed by atoms with Crippen LogP contribution in [0.1, 0.15) is 18.1 Å². The predicted molar refractivity (Wildman–Crippen MR) is 143 cm³/mol. The van der Waals surface area contributed by atoms with Crippen molar-refractivity contribution < 1.29 is 28.6 Å². The number of urea groups is 1. The zero-order valence-corrected chi connectivity index (χ0v) is 21.8. The number of carbonyl (C=O) groups excluding carboxylic acids is 3. The maximum absolute atomic E-state index is 13.2. The average molecular weight is 598 g/mol. The van der Waals surface area contributed by atoms with Crippen molar-refractivity contribution in [1.82, 2.24) is 5.32 Å². The smallest absolute Gasteiger partial charge is 0.335 e. The second-order valence-corrected chi connectivity index (χ2v) is 8.86. The van der Waals surface area contributed by atoms with Gasteiger partial charge in [0.2, 0.25) is 0 Å². The van der Waals surface area contributed by atoms with Crippen molar-refractivity contribution in [1.29, 1.82) is 0 Å². The van der Waals surface area contributed by atoms with E-state index < -0.39 is 17.8 Å². The van der Waals surface area contributed by atoms with Gasteiger partial charge in [-0.2, -0.15) is 0 Å². The van der Waals surface area contributed by atoms with Crippen LogP contribution in [0.2, 0.25) is 0 Å². The van der Waals surface area contributed by atoms with Gasteiger partial charge in [-0.05, 0) is 83.1 Å². The number of carbonyl (C=O) groups is 3. The summed E-state index contributed by atoms with van der Waals surface area (Å²) < 4.78 is 17.6. The first kappa shape index (κ1) is 25.2. The summed E-state index contributed by atoms with van der Waals surface area (Å²) in [6.07, 6.45) is 1.43. The van der Waals surface area contributed by atoms with Crippen LogP contribution in [-0.4, -0.2) is 31.6 Å². The lowest BCUT2D eigenvalue weighted by atomic mass is 10.1. The maximum atomic E-state index is 13.2. The lowest BCUT2D eigenvalue weighted by molar-refractivity contribution is -0.122. The second-order valence-electron chi connectivity index (χ2n) is 7.69. The quantitative estimate of drug-likeness (QED) is 0.224. The van der Waals surface area contributed by atoms with Gasteiger partial charge in [0.25, 0.3) is 11.8 Å². The molecule has 3 aromatic rings. The molecule has 0 aromatic heterocycles. The molecule has 9 heteroatoms. The Kier molecular flexibility index (Phi) is 7.89. The minimum atomic E-state index is -0.820. The van der Waals surface area contributed by atoms with Crippen LogP contribution >= 0.6 is 22.6 Å². The zero-order chi connectivity index (χ0) is 25.7. The number of nitrogens with zero attached hydrogens (tertiary/aromatic N) is 1. The van der Waals surface area contributed by atoms with Crippen molar-refractivity contribution in [3.8, 4) is 17.2 Å². The molecule has 1 aliphatic rings. The Morgan fingerprint density at radius 3 is 2.36 bits per heavy atom. The highest BCUT2D eigenvalue weighted by Gasteiger charge is 2.36. The summed E-state index contributed by atoms with van der Waals surface area (Å²) >= 11 is 2.10. The molecule has 1 N–H and O–H groups in total. The Morgan fingerprint density at radius 1 is 0.972 bits per heavy atom. The Balaban J connectivity index is 1.57. The number of barbiturate groups is 1. The lowest BCUT2D eigenvalue weighted by Gasteiger charge is -2.26. The molecule has 3 aromatic carbocycles. The highest BCUT2D eigenvalue weighted by atomic mass is 127. The summed E-state index contributed by atoms with van der Waals surface area (Å²) in [7, 11) is 1.51. The second kappa shape index (κ2) is 11.3. The van der Waals surface area contributed by atoms with Gasteiger partial charge >= 0.3 is 6.03 Å². The third kappa shape index (κ3) is 5.51. The lowest BCUT2D eigenvalue weighted by Crippen LogP contribution is -2.54. The molecular weight excluding hydrogens is 575 g/mol. The molecule has 0 saturated carbocycles. The molecule has 1 aliphatic heterocycles. The zero-order valence-electron chi connectivity index (χ0n) is 19.6.